The molecule has 0 fully saturated rings. The second-order valence-corrected chi connectivity index (χ2v) is 3.12. The van der Waals surface area contributed by atoms with Crippen LogP contribution in [0.5, 0.6) is 0 Å². The Kier molecular flexibility index (Phi) is 6.74. The van der Waals surface area contributed by atoms with Crippen molar-refractivity contribution < 1.29 is 8.76 Å². The number of hydrogen-bond donors (Lipinski definition) is 1. The summed E-state index contributed by atoms with van der Waals surface area (Å²) in [6.45, 7) is 2.64. The first kappa shape index (κ1) is 11.0. The van der Waals surface area contributed by atoms with Gasteiger partial charge in [-0.25, -0.2) is 5.43 Å². The van der Waals surface area contributed by atoms with Crippen molar-refractivity contribution in [2.45, 2.75) is 26.2 Å². The van der Waals surface area contributed by atoms with Gasteiger partial charge in [-0.2, -0.15) is 4.41 Å². The van der Waals surface area contributed by atoms with E-state index in [1.165, 1.54) is 4.41 Å². The van der Waals surface area contributed by atoms with Crippen molar-refractivity contribution in [3.63, 3.8) is 0 Å². The molecule has 0 saturated carbocycles. The van der Waals surface area contributed by atoms with Gasteiger partial charge in [0.15, 0.2) is 0 Å². The van der Waals surface area contributed by atoms with E-state index in [2.05, 4.69) is 12.3 Å². The second kappa shape index (κ2) is 6.72. The SMILES string of the molecule is CCCCCN(NC)S(=O)[O-]. The van der Waals surface area contributed by atoms with E-state index >= 15 is 0 Å². The van der Waals surface area contributed by atoms with Crippen LogP contribution in [0.3, 0.4) is 0 Å². The summed E-state index contributed by atoms with van der Waals surface area (Å²) < 4.78 is 22.0. The molecule has 0 bridgehead atoms. The van der Waals surface area contributed by atoms with Crippen LogP contribution >= 0.6 is 0 Å². The highest BCUT2D eigenvalue weighted by Gasteiger charge is 1.99. The molecule has 5 heteroatoms. The summed E-state index contributed by atoms with van der Waals surface area (Å²) >= 11 is -2.13. The topological polar surface area (TPSA) is 55.4 Å². The highest BCUT2D eigenvalue weighted by molar-refractivity contribution is 7.76. The van der Waals surface area contributed by atoms with E-state index < -0.39 is 11.3 Å². The van der Waals surface area contributed by atoms with Gasteiger partial charge in [-0.3, -0.25) is 4.21 Å². The van der Waals surface area contributed by atoms with Crippen LogP contribution in [0.2, 0.25) is 0 Å². The third-order valence-corrected chi connectivity index (χ3v) is 2.12. The molecule has 0 aromatic carbocycles. The van der Waals surface area contributed by atoms with Crippen molar-refractivity contribution in [1.29, 1.82) is 0 Å². The molecule has 0 aliphatic rings. The van der Waals surface area contributed by atoms with E-state index in [0.29, 0.717) is 6.54 Å². The molecule has 0 heterocycles. The fourth-order valence-corrected chi connectivity index (χ4v) is 1.19. The van der Waals surface area contributed by atoms with Gasteiger partial charge in [-0.05, 0) is 13.5 Å². The number of nitrogens with one attached hydrogen (secondary N) is 1. The molecule has 11 heavy (non-hydrogen) atoms. The van der Waals surface area contributed by atoms with Gasteiger partial charge in [0.1, 0.15) is 0 Å². The summed E-state index contributed by atoms with van der Waals surface area (Å²) in [5.41, 5.74) is 2.58. The first-order chi connectivity index (χ1) is 5.22. The van der Waals surface area contributed by atoms with Gasteiger partial charge in [-0.1, -0.05) is 19.8 Å². The first-order valence-electron chi connectivity index (χ1n) is 3.76. The molecule has 0 rings (SSSR count). The Hall–Kier alpha value is 0.0300. The molecule has 68 valence electrons. The van der Waals surface area contributed by atoms with Gasteiger partial charge < -0.3 is 4.55 Å². The highest BCUT2D eigenvalue weighted by atomic mass is 32.2. The van der Waals surface area contributed by atoms with Crippen molar-refractivity contribution in [2.24, 2.45) is 0 Å². The average molecular weight is 179 g/mol. The summed E-state index contributed by atoms with van der Waals surface area (Å²) in [7, 11) is 1.60. The van der Waals surface area contributed by atoms with Crippen molar-refractivity contribution in [1.82, 2.24) is 9.84 Å². The number of hydrazine groups is 1. The third kappa shape index (κ3) is 5.32. The Morgan fingerprint density at radius 2 is 2.18 bits per heavy atom. The lowest BCUT2D eigenvalue weighted by Gasteiger charge is -2.22. The van der Waals surface area contributed by atoms with Crippen molar-refractivity contribution in [3.05, 3.63) is 0 Å². The van der Waals surface area contributed by atoms with E-state index in [1.54, 1.807) is 7.05 Å². The average Bonchev–Trinajstić information content (AvgIpc) is 1.97. The quantitative estimate of drug-likeness (QED) is 0.365. The van der Waals surface area contributed by atoms with Gasteiger partial charge in [0.05, 0.1) is 0 Å². The normalized spacial score (nSPS) is 13.8. The minimum atomic E-state index is -2.13. The fourth-order valence-electron chi connectivity index (χ4n) is 0.766. The van der Waals surface area contributed by atoms with Crippen LogP contribution in [-0.4, -0.2) is 26.8 Å². The summed E-state index contributed by atoms with van der Waals surface area (Å²) in [5.74, 6) is 0. The van der Waals surface area contributed by atoms with E-state index in [1.807, 2.05) is 0 Å². The Balaban J connectivity index is 3.44. The van der Waals surface area contributed by atoms with Crippen LogP contribution in [-0.2, 0) is 11.3 Å². The van der Waals surface area contributed by atoms with E-state index in [4.69, 9.17) is 0 Å². The number of nitrogens with zero attached hydrogens (tertiary/aromatic N) is 1. The van der Waals surface area contributed by atoms with Gasteiger partial charge >= 0.3 is 0 Å². The molecule has 0 aromatic rings. The predicted molar refractivity (Wildman–Crippen MR) is 44.2 cm³/mol. The maximum Gasteiger partial charge on any atom is 0.0352 e. The van der Waals surface area contributed by atoms with Crippen LogP contribution < -0.4 is 5.43 Å². The first-order valence-corrected chi connectivity index (χ1v) is 4.79. The maximum atomic E-state index is 10.4. The van der Waals surface area contributed by atoms with Gasteiger partial charge in [0, 0.05) is 17.8 Å². The molecule has 0 aliphatic heterocycles. The summed E-state index contributed by atoms with van der Waals surface area (Å²) in [6, 6.07) is 0. The lowest BCUT2D eigenvalue weighted by atomic mass is 10.2. The summed E-state index contributed by atoms with van der Waals surface area (Å²) in [4.78, 5) is 0. The Morgan fingerprint density at radius 1 is 1.55 bits per heavy atom. The minimum Gasteiger partial charge on any atom is -0.759 e. The lowest BCUT2D eigenvalue weighted by molar-refractivity contribution is 0.322. The Labute approximate surface area is 70.4 Å². The molecule has 0 aromatic heterocycles. The molecule has 1 unspecified atom stereocenters. The van der Waals surface area contributed by atoms with E-state index in [0.717, 1.165) is 19.3 Å². The van der Waals surface area contributed by atoms with E-state index in [-0.39, 0.29) is 0 Å². The van der Waals surface area contributed by atoms with Gasteiger partial charge in [0.2, 0.25) is 0 Å². The van der Waals surface area contributed by atoms with Gasteiger partial charge in [-0.15, -0.1) is 0 Å². The molecular weight excluding hydrogens is 164 g/mol. The Morgan fingerprint density at radius 3 is 2.55 bits per heavy atom. The predicted octanol–water partition coefficient (Wildman–Crippen LogP) is 0.407. The van der Waals surface area contributed by atoms with Crippen LogP contribution in [0.25, 0.3) is 0 Å². The molecule has 0 aliphatic carbocycles. The highest BCUT2D eigenvalue weighted by Crippen LogP contribution is 1.96. The monoisotopic (exact) mass is 179 g/mol. The summed E-state index contributed by atoms with van der Waals surface area (Å²) in [6.07, 6.45) is 3.07. The second-order valence-electron chi connectivity index (χ2n) is 2.25. The number of unbranched alkanes of at least 4 members (excludes halogenated alkanes) is 2. The van der Waals surface area contributed by atoms with Crippen molar-refractivity contribution in [2.75, 3.05) is 13.6 Å². The minimum absolute atomic E-state index is 0.556. The smallest absolute Gasteiger partial charge is 0.0352 e. The molecule has 4 nitrogen and oxygen atoms in total. The van der Waals surface area contributed by atoms with Gasteiger partial charge in [0.25, 0.3) is 0 Å². The fraction of sp³-hybridized carbons (Fsp3) is 1.00. The zero-order valence-corrected chi connectivity index (χ0v) is 7.82. The van der Waals surface area contributed by atoms with Crippen molar-refractivity contribution in [3.8, 4) is 0 Å². The molecule has 0 spiro atoms. The van der Waals surface area contributed by atoms with Crippen LogP contribution in [0, 0.1) is 0 Å². The Bertz CT molecular complexity index is 121. The van der Waals surface area contributed by atoms with E-state index in [9.17, 15) is 8.76 Å². The zero-order valence-electron chi connectivity index (χ0n) is 7.00. The lowest BCUT2D eigenvalue weighted by Crippen LogP contribution is -2.37. The summed E-state index contributed by atoms with van der Waals surface area (Å²) in [5, 5.41) is 0. The number of rotatable bonds is 6. The molecule has 0 amide bonds. The third-order valence-electron chi connectivity index (χ3n) is 1.39. The number of hydrogen-bond acceptors (Lipinski definition) is 3. The molecule has 1 atom stereocenters. The standard InChI is InChI=1S/C6H16N2O2S/c1-3-4-5-6-8(7-2)11(9)10/h7H,3-6H2,1-2H3,(H,9,10)/p-1. The zero-order chi connectivity index (χ0) is 8.69. The van der Waals surface area contributed by atoms with Crippen molar-refractivity contribution >= 4 is 11.3 Å². The molecule has 0 radical (unpaired) electrons. The van der Waals surface area contributed by atoms with Crippen LogP contribution in [0.15, 0.2) is 0 Å². The molecule has 1 N–H and O–H groups in total. The van der Waals surface area contributed by atoms with Crippen LogP contribution in [0.1, 0.15) is 26.2 Å². The largest absolute Gasteiger partial charge is 0.759 e. The molecular formula is C6H15N2O2S-. The van der Waals surface area contributed by atoms with Crippen LogP contribution in [0.4, 0.5) is 0 Å². The molecule has 0 saturated heterocycles. The maximum absolute atomic E-state index is 10.4.